The summed E-state index contributed by atoms with van der Waals surface area (Å²) in [6, 6.07) is 0.956. The molecule has 1 aliphatic rings. The van der Waals surface area contributed by atoms with E-state index in [4.69, 9.17) is 0 Å². The van der Waals surface area contributed by atoms with E-state index in [0.717, 1.165) is 11.8 Å². The fourth-order valence-corrected chi connectivity index (χ4v) is 2.10. The largest absolute Gasteiger partial charge is 0.300 e. The minimum absolute atomic E-state index is 0.956. The van der Waals surface area contributed by atoms with E-state index in [1.807, 2.05) is 0 Å². The second kappa shape index (κ2) is 7.58. The Kier molecular flexibility index (Phi) is 6.70. The molecular weight excluding hydrogens is 190 g/mol. The third-order valence-electron chi connectivity index (χ3n) is 2.97. The first kappa shape index (κ1) is 12.4. The summed E-state index contributed by atoms with van der Waals surface area (Å²) in [5, 5.41) is 0. The highest BCUT2D eigenvalue weighted by molar-refractivity contribution is 7.80. The molecule has 14 heavy (non-hydrogen) atoms. The molecule has 0 atom stereocenters. The van der Waals surface area contributed by atoms with E-state index in [-0.39, 0.29) is 0 Å². The molecule has 0 aromatic heterocycles. The average molecular weight is 215 g/mol. The van der Waals surface area contributed by atoms with Crippen molar-refractivity contribution in [2.45, 2.75) is 57.9 Å². The van der Waals surface area contributed by atoms with Crippen molar-refractivity contribution in [3.05, 3.63) is 0 Å². The summed E-state index contributed by atoms with van der Waals surface area (Å²) in [6.45, 7) is 4.95. The van der Waals surface area contributed by atoms with Crippen molar-refractivity contribution in [3.8, 4) is 0 Å². The Labute approximate surface area is 94.7 Å². The van der Waals surface area contributed by atoms with Crippen LogP contribution in [0.2, 0.25) is 0 Å². The lowest BCUT2D eigenvalue weighted by molar-refractivity contribution is 0.254. The Morgan fingerprint density at radius 2 is 1.79 bits per heavy atom. The third kappa shape index (κ3) is 5.26. The van der Waals surface area contributed by atoms with Crippen LogP contribution < -0.4 is 0 Å². The van der Waals surface area contributed by atoms with Gasteiger partial charge in [-0.1, -0.05) is 19.8 Å². The molecule has 1 aliphatic carbocycles. The van der Waals surface area contributed by atoms with Crippen LogP contribution >= 0.6 is 12.6 Å². The summed E-state index contributed by atoms with van der Waals surface area (Å²) in [5.74, 6) is 1.05. The van der Waals surface area contributed by atoms with Crippen LogP contribution in [0.25, 0.3) is 0 Å². The van der Waals surface area contributed by atoms with Crippen molar-refractivity contribution < 1.29 is 0 Å². The van der Waals surface area contributed by atoms with Gasteiger partial charge in [0.1, 0.15) is 0 Å². The Bertz CT molecular complexity index is 134. The quantitative estimate of drug-likeness (QED) is 0.456. The van der Waals surface area contributed by atoms with Crippen LogP contribution in [0.1, 0.15) is 51.9 Å². The second-order valence-corrected chi connectivity index (χ2v) is 4.85. The highest BCUT2D eigenvalue weighted by Gasteiger charge is 2.27. The zero-order valence-corrected chi connectivity index (χ0v) is 10.4. The lowest BCUT2D eigenvalue weighted by Crippen LogP contribution is -2.28. The molecule has 1 saturated carbocycles. The Balaban J connectivity index is 2.02. The molecule has 0 aliphatic heterocycles. The van der Waals surface area contributed by atoms with Crippen molar-refractivity contribution >= 4 is 12.6 Å². The van der Waals surface area contributed by atoms with E-state index in [9.17, 15) is 0 Å². The molecule has 1 fully saturated rings. The van der Waals surface area contributed by atoms with Crippen LogP contribution in [0, 0.1) is 0 Å². The normalized spacial score (nSPS) is 16.5. The third-order valence-corrected chi connectivity index (χ3v) is 3.28. The molecule has 2 heteroatoms. The molecule has 0 heterocycles. The molecule has 0 spiro atoms. The second-order valence-electron chi connectivity index (χ2n) is 4.40. The van der Waals surface area contributed by atoms with Gasteiger partial charge in [0.25, 0.3) is 0 Å². The maximum atomic E-state index is 4.24. The predicted molar refractivity (Wildman–Crippen MR) is 67.2 cm³/mol. The smallest absolute Gasteiger partial charge is 0.00964 e. The van der Waals surface area contributed by atoms with Gasteiger partial charge in [0, 0.05) is 6.04 Å². The van der Waals surface area contributed by atoms with Crippen molar-refractivity contribution in [1.29, 1.82) is 0 Å². The van der Waals surface area contributed by atoms with Crippen LogP contribution in [0.5, 0.6) is 0 Å². The summed E-state index contributed by atoms with van der Waals surface area (Å²) in [5.41, 5.74) is 0. The van der Waals surface area contributed by atoms with Crippen molar-refractivity contribution in [2.24, 2.45) is 0 Å². The molecule has 0 unspecified atom stereocenters. The molecule has 0 bridgehead atoms. The standard InChI is InChI=1S/C12H25NS/c1-2-3-9-13(12-7-8-12)10-5-4-6-11-14/h12,14H,2-11H2,1H3. The fourth-order valence-electron chi connectivity index (χ4n) is 1.88. The summed E-state index contributed by atoms with van der Waals surface area (Å²) in [4.78, 5) is 2.71. The van der Waals surface area contributed by atoms with Gasteiger partial charge in [-0.2, -0.15) is 12.6 Å². The van der Waals surface area contributed by atoms with Gasteiger partial charge in [-0.05, 0) is 50.9 Å². The molecular formula is C12H25NS. The molecule has 0 radical (unpaired) electrons. The lowest BCUT2D eigenvalue weighted by Gasteiger charge is -2.21. The Morgan fingerprint density at radius 3 is 2.36 bits per heavy atom. The molecule has 1 rings (SSSR count). The maximum absolute atomic E-state index is 4.24. The van der Waals surface area contributed by atoms with E-state index in [2.05, 4.69) is 24.5 Å². The Hall–Kier alpha value is 0.310. The number of thiol groups is 1. The minimum atomic E-state index is 0.956. The number of hydrogen-bond acceptors (Lipinski definition) is 2. The zero-order chi connectivity index (χ0) is 10.2. The van der Waals surface area contributed by atoms with Gasteiger partial charge in [-0.25, -0.2) is 0 Å². The van der Waals surface area contributed by atoms with Gasteiger partial charge in [-0.15, -0.1) is 0 Å². The number of unbranched alkanes of at least 4 members (excludes halogenated alkanes) is 3. The predicted octanol–water partition coefficient (Wildman–Crippen LogP) is 3.35. The fraction of sp³-hybridized carbons (Fsp3) is 1.00. The number of rotatable bonds is 9. The van der Waals surface area contributed by atoms with Crippen molar-refractivity contribution in [1.82, 2.24) is 4.90 Å². The molecule has 0 aromatic carbocycles. The maximum Gasteiger partial charge on any atom is 0.00964 e. The molecule has 0 aromatic rings. The van der Waals surface area contributed by atoms with E-state index in [1.165, 1.54) is 58.0 Å². The minimum Gasteiger partial charge on any atom is -0.300 e. The van der Waals surface area contributed by atoms with Crippen LogP contribution in [0.3, 0.4) is 0 Å². The average Bonchev–Trinajstić information content (AvgIpc) is 3.00. The van der Waals surface area contributed by atoms with Crippen molar-refractivity contribution in [2.75, 3.05) is 18.8 Å². The van der Waals surface area contributed by atoms with Gasteiger partial charge in [0.2, 0.25) is 0 Å². The summed E-state index contributed by atoms with van der Waals surface area (Å²) < 4.78 is 0. The topological polar surface area (TPSA) is 3.24 Å². The van der Waals surface area contributed by atoms with Gasteiger partial charge < -0.3 is 4.90 Å². The first-order valence-electron chi connectivity index (χ1n) is 6.23. The molecule has 0 saturated heterocycles. The highest BCUT2D eigenvalue weighted by Crippen LogP contribution is 2.27. The molecule has 0 amide bonds. The SMILES string of the molecule is CCCCN(CCCCCS)C1CC1. The van der Waals surface area contributed by atoms with E-state index in [1.54, 1.807) is 0 Å². The van der Waals surface area contributed by atoms with Crippen LogP contribution in [-0.2, 0) is 0 Å². The van der Waals surface area contributed by atoms with Gasteiger partial charge >= 0.3 is 0 Å². The van der Waals surface area contributed by atoms with Crippen molar-refractivity contribution in [3.63, 3.8) is 0 Å². The lowest BCUT2D eigenvalue weighted by atomic mass is 10.2. The van der Waals surface area contributed by atoms with Crippen LogP contribution in [0.4, 0.5) is 0 Å². The van der Waals surface area contributed by atoms with Crippen LogP contribution in [-0.4, -0.2) is 29.8 Å². The zero-order valence-electron chi connectivity index (χ0n) is 9.54. The van der Waals surface area contributed by atoms with Gasteiger partial charge in [-0.3, -0.25) is 0 Å². The first-order valence-corrected chi connectivity index (χ1v) is 6.86. The highest BCUT2D eigenvalue weighted by atomic mass is 32.1. The van der Waals surface area contributed by atoms with Gasteiger partial charge in [0.05, 0.1) is 0 Å². The summed E-state index contributed by atoms with van der Waals surface area (Å²) in [6.07, 6.45) is 9.64. The first-order chi connectivity index (χ1) is 6.88. The molecule has 0 N–H and O–H groups in total. The number of nitrogens with zero attached hydrogens (tertiary/aromatic N) is 1. The Morgan fingerprint density at radius 1 is 1.07 bits per heavy atom. The molecule has 1 nitrogen and oxygen atoms in total. The number of hydrogen-bond donors (Lipinski definition) is 1. The van der Waals surface area contributed by atoms with E-state index < -0.39 is 0 Å². The summed E-state index contributed by atoms with van der Waals surface area (Å²) >= 11 is 4.24. The van der Waals surface area contributed by atoms with E-state index in [0.29, 0.717) is 0 Å². The monoisotopic (exact) mass is 215 g/mol. The summed E-state index contributed by atoms with van der Waals surface area (Å²) in [7, 11) is 0. The van der Waals surface area contributed by atoms with Crippen LogP contribution in [0.15, 0.2) is 0 Å². The van der Waals surface area contributed by atoms with Gasteiger partial charge in [0.15, 0.2) is 0 Å². The molecule has 84 valence electrons. The van der Waals surface area contributed by atoms with E-state index >= 15 is 0 Å².